The van der Waals surface area contributed by atoms with Crippen LogP contribution >= 0.6 is 11.6 Å². The second-order valence-corrected chi connectivity index (χ2v) is 9.06. The van der Waals surface area contributed by atoms with Crippen LogP contribution in [0.1, 0.15) is 11.1 Å². The molecule has 0 bridgehead atoms. The van der Waals surface area contributed by atoms with Gasteiger partial charge in [0.05, 0.1) is 16.3 Å². The highest BCUT2D eigenvalue weighted by molar-refractivity contribution is 7.92. The maximum atomic E-state index is 13.2. The molecule has 1 saturated heterocycles. The Morgan fingerprint density at radius 2 is 1.85 bits per heavy atom. The van der Waals surface area contributed by atoms with Crippen molar-refractivity contribution in [1.29, 1.82) is 0 Å². The molecule has 0 spiro atoms. The average Bonchev–Trinajstić information content (AvgIpc) is 2.80. The molecule has 33 heavy (non-hydrogen) atoms. The summed E-state index contributed by atoms with van der Waals surface area (Å²) in [6.45, 7) is 4.97. The summed E-state index contributed by atoms with van der Waals surface area (Å²) in [6, 6.07) is 11.7. The lowest BCUT2D eigenvalue weighted by Gasteiger charge is -2.28. The molecular weight excluding hydrogens is 475 g/mol. The van der Waals surface area contributed by atoms with Crippen LogP contribution in [-0.4, -0.2) is 40.7 Å². The minimum absolute atomic E-state index is 0.171. The minimum atomic E-state index is -4.49. The molecule has 4 rings (SSSR count). The second-order valence-electron chi connectivity index (χ2n) is 7.50. The molecule has 1 fully saturated rings. The van der Waals surface area contributed by atoms with Crippen molar-refractivity contribution < 1.29 is 17.7 Å². The topological polar surface area (TPSA) is 76.1 Å². The van der Waals surface area contributed by atoms with Gasteiger partial charge in [-0.1, -0.05) is 23.7 Å². The van der Waals surface area contributed by atoms with Gasteiger partial charge in [0.25, 0.3) is 5.03 Å². The predicted octanol–water partition coefficient (Wildman–Crippen LogP) is 4.67. The minimum Gasteiger partial charge on any atom is -0.587 e. The summed E-state index contributed by atoms with van der Waals surface area (Å²) in [6.07, 6.45) is -4.49. The van der Waals surface area contributed by atoms with E-state index in [4.69, 9.17) is 11.6 Å². The maximum Gasteiger partial charge on any atom is 0.416 e. The van der Waals surface area contributed by atoms with E-state index in [1.807, 2.05) is 6.07 Å². The summed E-state index contributed by atoms with van der Waals surface area (Å²) in [5.74, 6) is 0.937. The van der Waals surface area contributed by atoms with Crippen molar-refractivity contribution in [2.45, 2.75) is 18.1 Å². The Balaban J connectivity index is 1.59. The van der Waals surface area contributed by atoms with Gasteiger partial charge in [0.1, 0.15) is 17.2 Å². The standard InChI is InChI=1S/C22H21ClF3N5OS/c1-14-5-6-15(22(24,25)26)13-16(14)21-17(23)7-8-18(28-21)30-33(32)20-4-2-3-19(29-20)31-11-9-27-10-12-31/h2-8,13,27H,9-12H2,1H3,(H,28,30). The SMILES string of the molecule is Cc1ccc(C(F)(F)F)cc1-c1nc(N[S+]([O-])c2cccc(N3CCNCC3)n2)ccc1Cl. The van der Waals surface area contributed by atoms with E-state index in [1.165, 1.54) is 18.2 Å². The van der Waals surface area contributed by atoms with E-state index in [-0.39, 0.29) is 22.1 Å². The molecule has 3 heterocycles. The summed E-state index contributed by atoms with van der Waals surface area (Å²) in [5, 5.41) is 3.78. The highest BCUT2D eigenvalue weighted by Gasteiger charge is 2.31. The smallest absolute Gasteiger partial charge is 0.416 e. The van der Waals surface area contributed by atoms with Gasteiger partial charge in [-0.3, -0.25) is 0 Å². The summed E-state index contributed by atoms with van der Waals surface area (Å²) >= 11 is 4.53. The molecule has 6 nitrogen and oxygen atoms in total. The van der Waals surface area contributed by atoms with E-state index in [0.29, 0.717) is 10.6 Å². The molecule has 1 aliphatic heterocycles. The normalized spacial score (nSPS) is 15.4. The van der Waals surface area contributed by atoms with E-state index in [0.717, 1.165) is 44.1 Å². The molecule has 11 heteroatoms. The van der Waals surface area contributed by atoms with E-state index >= 15 is 0 Å². The molecule has 1 aliphatic rings. The number of hydrogen-bond acceptors (Lipinski definition) is 6. The highest BCUT2D eigenvalue weighted by atomic mass is 35.5. The first-order valence-electron chi connectivity index (χ1n) is 10.2. The first kappa shape index (κ1) is 23.6. The number of halogens is 4. The third-order valence-corrected chi connectivity index (χ3v) is 6.51. The number of nitrogens with one attached hydrogen (secondary N) is 2. The van der Waals surface area contributed by atoms with Crippen molar-refractivity contribution in [2.75, 3.05) is 35.8 Å². The van der Waals surface area contributed by atoms with Gasteiger partial charge in [0.2, 0.25) is 0 Å². The Labute approximate surface area is 197 Å². The molecule has 0 saturated carbocycles. The van der Waals surface area contributed by atoms with Gasteiger partial charge in [-0.15, -0.1) is 0 Å². The molecule has 1 unspecified atom stereocenters. The van der Waals surface area contributed by atoms with Gasteiger partial charge in [-0.05, 0) is 42.8 Å². The summed E-state index contributed by atoms with van der Waals surface area (Å²) in [7, 11) is 0. The van der Waals surface area contributed by atoms with Gasteiger partial charge in [0, 0.05) is 37.8 Å². The number of pyridine rings is 2. The monoisotopic (exact) mass is 495 g/mol. The number of piperazine rings is 1. The van der Waals surface area contributed by atoms with Crippen molar-refractivity contribution >= 4 is 34.6 Å². The highest BCUT2D eigenvalue weighted by Crippen LogP contribution is 2.36. The van der Waals surface area contributed by atoms with Crippen molar-refractivity contribution in [1.82, 2.24) is 15.3 Å². The Bertz CT molecular complexity index is 1140. The van der Waals surface area contributed by atoms with Crippen LogP contribution in [0.3, 0.4) is 0 Å². The van der Waals surface area contributed by atoms with Crippen LogP contribution in [0.4, 0.5) is 24.8 Å². The Morgan fingerprint density at radius 3 is 2.58 bits per heavy atom. The van der Waals surface area contributed by atoms with Crippen molar-refractivity contribution in [3.8, 4) is 11.3 Å². The zero-order chi connectivity index (χ0) is 23.6. The maximum absolute atomic E-state index is 13.2. The van der Waals surface area contributed by atoms with Crippen LogP contribution in [0.2, 0.25) is 5.02 Å². The van der Waals surface area contributed by atoms with Crippen molar-refractivity contribution in [3.05, 3.63) is 64.7 Å². The van der Waals surface area contributed by atoms with E-state index in [9.17, 15) is 17.7 Å². The van der Waals surface area contributed by atoms with Gasteiger partial charge in [-0.25, -0.2) is 4.98 Å². The Kier molecular flexibility index (Phi) is 6.99. The number of anilines is 2. The molecule has 174 valence electrons. The predicted molar refractivity (Wildman–Crippen MR) is 124 cm³/mol. The fraction of sp³-hybridized carbons (Fsp3) is 0.273. The van der Waals surface area contributed by atoms with Crippen LogP contribution in [0.15, 0.2) is 53.6 Å². The fourth-order valence-corrected chi connectivity index (χ4v) is 4.46. The fourth-order valence-electron chi connectivity index (χ4n) is 3.47. The van der Waals surface area contributed by atoms with E-state index in [1.54, 1.807) is 19.1 Å². The van der Waals surface area contributed by atoms with Gasteiger partial charge in [-0.2, -0.15) is 22.9 Å². The van der Waals surface area contributed by atoms with Gasteiger partial charge in [0.15, 0.2) is 5.82 Å². The third kappa shape index (κ3) is 5.52. The van der Waals surface area contributed by atoms with Crippen LogP contribution in [-0.2, 0) is 17.5 Å². The van der Waals surface area contributed by atoms with Crippen LogP contribution in [0, 0.1) is 6.92 Å². The zero-order valence-corrected chi connectivity index (χ0v) is 19.2. The molecule has 0 amide bonds. The number of alkyl halides is 3. The lowest BCUT2D eigenvalue weighted by Crippen LogP contribution is -2.44. The molecule has 0 aliphatic carbocycles. The summed E-state index contributed by atoms with van der Waals surface area (Å²) in [5.41, 5.74) is 0.214. The molecule has 2 aromatic heterocycles. The molecule has 2 N–H and O–H groups in total. The Morgan fingerprint density at radius 1 is 1.09 bits per heavy atom. The Hall–Kier alpha value is -2.53. The second kappa shape index (κ2) is 9.76. The van der Waals surface area contributed by atoms with Gasteiger partial charge >= 0.3 is 6.18 Å². The first-order valence-corrected chi connectivity index (χ1v) is 11.7. The van der Waals surface area contributed by atoms with Crippen LogP contribution < -0.4 is 14.9 Å². The quantitative estimate of drug-likeness (QED) is 0.501. The first-order chi connectivity index (χ1) is 15.7. The number of nitrogens with zero attached hydrogens (tertiary/aromatic N) is 3. The lowest BCUT2D eigenvalue weighted by molar-refractivity contribution is -0.137. The van der Waals surface area contributed by atoms with Gasteiger partial charge < -0.3 is 14.8 Å². The van der Waals surface area contributed by atoms with Crippen LogP contribution in [0.5, 0.6) is 0 Å². The number of rotatable bonds is 5. The summed E-state index contributed by atoms with van der Waals surface area (Å²) in [4.78, 5) is 11.0. The van der Waals surface area contributed by atoms with Crippen molar-refractivity contribution in [3.63, 3.8) is 0 Å². The molecule has 0 radical (unpaired) electrons. The van der Waals surface area contributed by atoms with E-state index < -0.39 is 23.1 Å². The van der Waals surface area contributed by atoms with Crippen molar-refractivity contribution in [2.24, 2.45) is 0 Å². The summed E-state index contributed by atoms with van der Waals surface area (Å²) < 4.78 is 55.3. The number of hydrogen-bond donors (Lipinski definition) is 2. The largest absolute Gasteiger partial charge is 0.587 e. The zero-order valence-electron chi connectivity index (χ0n) is 17.6. The number of aryl methyl sites for hydroxylation is 1. The molecular formula is C22H21ClF3N5OS. The van der Waals surface area contributed by atoms with E-state index in [2.05, 4.69) is 24.9 Å². The molecule has 3 aromatic rings. The number of benzene rings is 1. The van der Waals surface area contributed by atoms with Crippen LogP contribution in [0.25, 0.3) is 11.3 Å². The lowest BCUT2D eigenvalue weighted by atomic mass is 10.0. The number of aromatic nitrogens is 2. The average molecular weight is 496 g/mol. The molecule has 1 aromatic carbocycles. The third-order valence-electron chi connectivity index (χ3n) is 5.20. The molecule has 1 atom stereocenters.